The second-order valence-electron chi connectivity index (χ2n) is 5.92. The van der Waals surface area contributed by atoms with Crippen LogP contribution in [-0.4, -0.2) is 0 Å². The number of alkyl halides is 1. The van der Waals surface area contributed by atoms with E-state index in [0.717, 1.165) is 22.2 Å². The molecule has 0 aromatic heterocycles. The molecular weight excluding hydrogens is 320 g/mol. The van der Waals surface area contributed by atoms with Gasteiger partial charge in [0, 0.05) is 4.47 Å². The molecule has 0 bridgehead atoms. The molecule has 2 aromatic carbocycles. The Morgan fingerprint density at radius 2 is 1.68 bits per heavy atom. The minimum atomic E-state index is 0.188. The van der Waals surface area contributed by atoms with Crippen LogP contribution in [0.25, 0.3) is 10.8 Å². The van der Waals surface area contributed by atoms with Gasteiger partial charge in [-0.2, -0.15) is 0 Å². The Bertz CT molecular complexity index is 626. The summed E-state index contributed by atoms with van der Waals surface area (Å²) in [5.41, 5.74) is 1.32. The van der Waals surface area contributed by atoms with E-state index in [1.165, 1.54) is 35.6 Å². The van der Waals surface area contributed by atoms with Crippen molar-refractivity contribution in [1.82, 2.24) is 0 Å². The summed E-state index contributed by atoms with van der Waals surface area (Å²) in [7, 11) is 0. The Morgan fingerprint density at radius 3 is 2.42 bits per heavy atom. The van der Waals surface area contributed by atoms with Gasteiger partial charge in [-0.1, -0.05) is 52.7 Å². The van der Waals surface area contributed by atoms with Crippen LogP contribution in [0.2, 0.25) is 0 Å². The van der Waals surface area contributed by atoms with Crippen molar-refractivity contribution in [2.45, 2.75) is 24.6 Å². The van der Waals surface area contributed by atoms with E-state index in [4.69, 9.17) is 11.6 Å². The molecule has 0 aliphatic heterocycles. The fourth-order valence-corrected chi connectivity index (χ4v) is 5.09. The lowest BCUT2D eigenvalue weighted by atomic mass is 9.97. The minimum Gasteiger partial charge on any atom is -0.117 e. The first kappa shape index (κ1) is 12.2. The number of benzene rings is 2. The van der Waals surface area contributed by atoms with Crippen molar-refractivity contribution in [1.29, 1.82) is 0 Å². The summed E-state index contributed by atoms with van der Waals surface area (Å²) in [5, 5.41) is 2.77. The first-order valence-corrected chi connectivity index (χ1v) is 8.31. The molecule has 2 heteroatoms. The van der Waals surface area contributed by atoms with Crippen LogP contribution in [0, 0.1) is 17.8 Å². The smallest absolute Gasteiger partial charge is 0.0624 e. The maximum Gasteiger partial charge on any atom is 0.0624 e. The fourth-order valence-electron chi connectivity index (χ4n) is 4.04. The average Bonchev–Trinajstić information content (AvgIpc) is 2.92. The molecule has 0 saturated heterocycles. The summed E-state index contributed by atoms with van der Waals surface area (Å²) < 4.78 is 1.16. The van der Waals surface area contributed by atoms with Crippen LogP contribution in [0.5, 0.6) is 0 Å². The highest BCUT2D eigenvalue weighted by molar-refractivity contribution is 9.10. The molecule has 3 atom stereocenters. The zero-order valence-electron chi connectivity index (χ0n) is 10.7. The lowest BCUT2D eigenvalue weighted by Crippen LogP contribution is -1.99. The Labute approximate surface area is 127 Å². The molecule has 3 unspecified atom stereocenters. The van der Waals surface area contributed by atoms with Crippen molar-refractivity contribution in [3.63, 3.8) is 0 Å². The molecule has 0 N–H and O–H groups in total. The van der Waals surface area contributed by atoms with E-state index in [1.807, 2.05) is 0 Å². The van der Waals surface area contributed by atoms with Gasteiger partial charge in [0.15, 0.2) is 0 Å². The predicted molar refractivity (Wildman–Crippen MR) is 84.6 cm³/mol. The molecule has 0 radical (unpaired) electrons. The van der Waals surface area contributed by atoms with Crippen molar-refractivity contribution < 1.29 is 0 Å². The predicted octanol–water partition coefficient (Wildman–Crippen LogP) is 5.93. The fraction of sp³-hybridized carbons (Fsp3) is 0.412. The Morgan fingerprint density at radius 1 is 1.00 bits per heavy atom. The summed E-state index contributed by atoms with van der Waals surface area (Å²) in [5.74, 6) is 2.54. The third-order valence-corrected chi connectivity index (χ3v) is 6.23. The van der Waals surface area contributed by atoms with Gasteiger partial charge in [0.25, 0.3) is 0 Å². The van der Waals surface area contributed by atoms with Crippen LogP contribution >= 0.6 is 27.5 Å². The van der Waals surface area contributed by atoms with E-state index < -0.39 is 0 Å². The summed E-state index contributed by atoms with van der Waals surface area (Å²) in [4.78, 5) is 0. The van der Waals surface area contributed by atoms with Gasteiger partial charge in [-0.3, -0.25) is 0 Å². The van der Waals surface area contributed by atoms with E-state index in [9.17, 15) is 0 Å². The molecule has 19 heavy (non-hydrogen) atoms. The Hall–Kier alpha value is -0.530. The number of halogens is 2. The summed E-state index contributed by atoms with van der Waals surface area (Å²) in [6, 6.07) is 12.9. The van der Waals surface area contributed by atoms with Crippen LogP contribution in [0.3, 0.4) is 0 Å². The molecule has 0 amide bonds. The van der Waals surface area contributed by atoms with Crippen molar-refractivity contribution in [2.24, 2.45) is 17.8 Å². The first-order valence-electron chi connectivity index (χ1n) is 7.08. The van der Waals surface area contributed by atoms with Crippen LogP contribution < -0.4 is 0 Å². The molecule has 4 rings (SSSR count). The van der Waals surface area contributed by atoms with Gasteiger partial charge >= 0.3 is 0 Å². The highest BCUT2D eigenvalue weighted by Gasteiger charge is 2.55. The van der Waals surface area contributed by atoms with E-state index in [0.29, 0.717) is 0 Å². The first-order chi connectivity index (χ1) is 9.27. The molecule has 98 valence electrons. The molecule has 2 aliphatic rings. The largest absolute Gasteiger partial charge is 0.117 e. The summed E-state index contributed by atoms with van der Waals surface area (Å²) in [6.07, 6.45) is 4.20. The van der Waals surface area contributed by atoms with E-state index in [-0.39, 0.29) is 5.38 Å². The lowest BCUT2D eigenvalue weighted by molar-refractivity contribution is 0.575. The topological polar surface area (TPSA) is 0 Å². The SMILES string of the molecule is ClC(c1ccc(Br)c2ccccc12)C1C2CCCC21. The maximum atomic E-state index is 6.82. The second-order valence-corrected chi connectivity index (χ2v) is 7.24. The van der Waals surface area contributed by atoms with Gasteiger partial charge in [-0.05, 0) is 53.0 Å². The summed E-state index contributed by atoms with van der Waals surface area (Å²) >= 11 is 10.5. The molecule has 2 aromatic rings. The van der Waals surface area contributed by atoms with Crippen molar-refractivity contribution in [3.8, 4) is 0 Å². The number of fused-ring (bicyclic) bond motifs is 2. The monoisotopic (exact) mass is 334 g/mol. The van der Waals surface area contributed by atoms with E-state index in [2.05, 4.69) is 52.3 Å². The van der Waals surface area contributed by atoms with Crippen LogP contribution in [-0.2, 0) is 0 Å². The van der Waals surface area contributed by atoms with E-state index >= 15 is 0 Å². The van der Waals surface area contributed by atoms with Gasteiger partial charge in [-0.25, -0.2) is 0 Å². The van der Waals surface area contributed by atoms with Crippen molar-refractivity contribution >= 4 is 38.3 Å². The number of rotatable bonds is 2. The number of hydrogen-bond donors (Lipinski definition) is 0. The van der Waals surface area contributed by atoms with Crippen LogP contribution in [0.1, 0.15) is 30.2 Å². The third-order valence-electron chi connectivity index (χ3n) is 5.01. The average molecular weight is 336 g/mol. The molecule has 0 heterocycles. The highest BCUT2D eigenvalue weighted by atomic mass is 79.9. The van der Waals surface area contributed by atoms with Gasteiger partial charge in [-0.15, -0.1) is 11.6 Å². The van der Waals surface area contributed by atoms with Crippen LogP contribution in [0.15, 0.2) is 40.9 Å². The molecule has 2 fully saturated rings. The Kier molecular flexibility index (Phi) is 2.89. The van der Waals surface area contributed by atoms with Gasteiger partial charge in [0.1, 0.15) is 0 Å². The van der Waals surface area contributed by atoms with E-state index in [1.54, 1.807) is 0 Å². The molecule has 2 aliphatic carbocycles. The molecule has 0 nitrogen and oxygen atoms in total. The number of hydrogen-bond acceptors (Lipinski definition) is 0. The van der Waals surface area contributed by atoms with Gasteiger partial charge in [0.2, 0.25) is 0 Å². The molecule has 0 spiro atoms. The van der Waals surface area contributed by atoms with Crippen molar-refractivity contribution in [3.05, 3.63) is 46.4 Å². The Balaban J connectivity index is 1.77. The normalized spacial score (nSPS) is 30.3. The standard InChI is InChI=1S/C17H16BrCl/c18-15-9-8-14(10-4-1-2-5-11(10)15)17(19)16-12-6-3-7-13(12)16/h1-2,4-5,8-9,12-13,16-17H,3,6-7H2. The highest BCUT2D eigenvalue weighted by Crippen LogP contribution is 2.64. The quantitative estimate of drug-likeness (QED) is 0.597. The minimum absolute atomic E-state index is 0.188. The third kappa shape index (κ3) is 1.86. The van der Waals surface area contributed by atoms with Gasteiger partial charge < -0.3 is 0 Å². The second kappa shape index (κ2) is 4.49. The van der Waals surface area contributed by atoms with Gasteiger partial charge in [0.05, 0.1) is 5.38 Å². The van der Waals surface area contributed by atoms with Crippen molar-refractivity contribution in [2.75, 3.05) is 0 Å². The zero-order chi connectivity index (χ0) is 13.0. The summed E-state index contributed by atoms with van der Waals surface area (Å²) in [6.45, 7) is 0. The van der Waals surface area contributed by atoms with Crippen LogP contribution in [0.4, 0.5) is 0 Å². The zero-order valence-corrected chi connectivity index (χ0v) is 13.0. The molecule has 2 saturated carbocycles. The lowest BCUT2D eigenvalue weighted by Gasteiger charge is -2.15. The maximum absolute atomic E-state index is 6.82. The molecular formula is C17H16BrCl.